The van der Waals surface area contributed by atoms with Crippen molar-refractivity contribution in [3.05, 3.63) is 57.1 Å². The quantitative estimate of drug-likeness (QED) is 0.786. The average Bonchev–Trinajstić information content (AvgIpc) is 2.38. The van der Waals surface area contributed by atoms with Gasteiger partial charge in [0.2, 0.25) is 0 Å². The second-order valence-electron chi connectivity index (χ2n) is 5.11. The molecule has 0 radical (unpaired) electrons. The lowest BCUT2D eigenvalue weighted by Gasteiger charge is -2.29. The van der Waals surface area contributed by atoms with Crippen LogP contribution in [-0.2, 0) is 0 Å². The van der Waals surface area contributed by atoms with Crippen molar-refractivity contribution in [2.75, 3.05) is 11.9 Å². The Hall–Kier alpha value is -1.38. The maximum atomic E-state index is 6.22. The summed E-state index contributed by atoms with van der Waals surface area (Å²) in [6.07, 6.45) is -0.0400. The Morgan fingerprint density at radius 3 is 2.70 bits per heavy atom. The van der Waals surface area contributed by atoms with Crippen LogP contribution in [0.3, 0.4) is 0 Å². The molecule has 2 nitrogen and oxygen atoms in total. The summed E-state index contributed by atoms with van der Waals surface area (Å²) in [4.78, 5) is 0. The van der Waals surface area contributed by atoms with E-state index in [1.54, 1.807) is 6.07 Å². The zero-order chi connectivity index (χ0) is 14.3. The lowest BCUT2D eigenvalue weighted by Crippen LogP contribution is -2.24. The van der Waals surface area contributed by atoms with Crippen molar-refractivity contribution >= 4 is 28.9 Å². The molecule has 0 amide bonds. The number of ether oxygens (including phenoxy) is 1. The minimum Gasteiger partial charge on any atom is -0.480 e. The van der Waals surface area contributed by atoms with Gasteiger partial charge < -0.3 is 10.1 Å². The van der Waals surface area contributed by atoms with E-state index in [1.165, 1.54) is 16.7 Å². The van der Waals surface area contributed by atoms with Gasteiger partial charge in [-0.3, -0.25) is 0 Å². The average molecular weight is 308 g/mol. The summed E-state index contributed by atoms with van der Waals surface area (Å²) in [5.74, 6) is 0.673. The Bertz CT molecular complexity index is 670. The predicted octanol–water partition coefficient (Wildman–Crippen LogP) is 5.16. The highest BCUT2D eigenvalue weighted by molar-refractivity contribution is 6.36. The molecule has 20 heavy (non-hydrogen) atoms. The van der Waals surface area contributed by atoms with Crippen LogP contribution in [0.15, 0.2) is 30.3 Å². The molecule has 0 saturated heterocycles. The van der Waals surface area contributed by atoms with Crippen molar-refractivity contribution in [1.29, 1.82) is 0 Å². The smallest absolute Gasteiger partial charge is 0.162 e. The number of aryl methyl sites for hydroxylation is 2. The van der Waals surface area contributed by atoms with Crippen LogP contribution < -0.4 is 10.1 Å². The number of rotatable bonds is 1. The maximum absolute atomic E-state index is 6.22. The first-order valence-electron chi connectivity index (χ1n) is 6.51. The molecule has 0 fully saturated rings. The lowest BCUT2D eigenvalue weighted by atomic mass is 10.00. The van der Waals surface area contributed by atoms with E-state index < -0.39 is 0 Å². The maximum Gasteiger partial charge on any atom is 0.162 e. The van der Waals surface area contributed by atoms with Gasteiger partial charge in [0.15, 0.2) is 5.75 Å². The van der Waals surface area contributed by atoms with Crippen LogP contribution in [0.1, 0.15) is 22.8 Å². The Morgan fingerprint density at radius 1 is 1.15 bits per heavy atom. The van der Waals surface area contributed by atoms with Gasteiger partial charge in [0, 0.05) is 5.02 Å². The van der Waals surface area contributed by atoms with Gasteiger partial charge in [-0.25, -0.2) is 0 Å². The molecule has 0 aliphatic carbocycles. The highest BCUT2D eigenvalue weighted by atomic mass is 35.5. The zero-order valence-electron chi connectivity index (χ0n) is 11.3. The monoisotopic (exact) mass is 307 g/mol. The SMILES string of the molecule is Cc1ccc(C2CNc3cc(Cl)cc(Cl)c3O2)c(C)c1. The summed E-state index contributed by atoms with van der Waals surface area (Å²) < 4.78 is 6.07. The summed E-state index contributed by atoms with van der Waals surface area (Å²) in [5.41, 5.74) is 4.51. The third-order valence-corrected chi connectivity index (χ3v) is 4.02. The lowest BCUT2D eigenvalue weighted by molar-refractivity contribution is 0.210. The van der Waals surface area contributed by atoms with Crippen LogP contribution in [0.5, 0.6) is 5.75 Å². The van der Waals surface area contributed by atoms with E-state index in [2.05, 4.69) is 37.4 Å². The van der Waals surface area contributed by atoms with Crippen LogP contribution in [0, 0.1) is 13.8 Å². The van der Waals surface area contributed by atoms with Crippen molar-refractivity contribution in [3.8, 4) is 5.75 Å². The standard InChI is InChI=1S/C16H15Cl2NO/c1-9-3-4-12(10(2)5-9)15-8-19-14-7-11(17)6-13(18)16(14)20-15/h3-7,15,19H,8H2,1-2H3. The molecule has 1 aliphatic heterocycles. The Kier molecular flexibility index (Phi) is 3.53. The predicted molar refractivity (Wildman–Crippen MR) is 84.2 cm³/mol. The van der Waals surface area contributed by atoms with Crippen molar-refractivity contribution < 1.29 is 4.74 Å². The Labute approximate surface area is 128 Å². The van der Waals surface area contributed by atoms with Gasteiger partial charge in [0.25, 0.3) is 0 Å². The molecule has 0 saturated carbocycles. The Balaban J connectivity index is 1.96. The van der Waals surface area contributed by atoms with Crippen molar-refractivity contribution in [2.45, 2.75) is 20.0 Å². The van der Waals surface area contributed by atoms with Crippen molar-refractivity contribution in [1.82, 2.24) is 0 Å². The summed E-state index contributed by atoms with van der Waals surface area (Å²) in [6.45, 7) is 4.89. The van der Waals surface area contributed by atoms with E-state index in [1.807, 2.05) is 6.07 Å². The van der Waals surface area contributed by atoms with Gasteiger partial charge >= 0.3 is 0 Å². The third-order valence-electron chi connectivity index (χ3n) is 3.52. The first-order chi connectivity index (χ1) is 9.54. The zero-order valence-corrected chi connectivity index (χ0v) is 12.8. The summed E-state index contributed by atoms with van der Waals surface area (Å²) in [6, 6.07) is 9.92. The number of anilines is 1. The first-order valence-corrected chi connectivity index (χ1v) is 7.27. The summed E-state index contributed by atoms with van der Waals surface area (Å²) in [5, 5.41) is 4.48. The molecule has 1 atom stereocenters. The van der Waals surface area contributed by atoms with Crippen LogP contribution in [0.25, 0.3) is 0 Å². The normalized spacial score (nSPS) is 17.1. The molecule has 1 unspecified atom stereocenters. The van der Waals surface area contributed by atoms with Gasteiger partial charge in [0.05, 0.1) is 17.3 Å². The fourth-order valence-corrected chi connectivity index (χ4v) is 3.10. The summed E-state index contributed by atoms with van der Waals surface area (Å²) in [7, 11) is 0. The number of hydrogen-bond acceptors (Lipinski definition) is 2. The highest BCUT2D eigenvalue weighted by Gasteiger charge is 2.24. The van der Waals surface area contributed by atoms with E-state index in [0.717, 1.165) is 5.69 Å². The second-order valence-corrected chi connectivity index (χ2v) is 5.96. The van der Waals surface area contributed by atoms with Gasteiger partial charge in [-0.2, -0.15) is 0 Å². The minimum atomic E-state index is -0.0400. The van der Waals surface area contributed by atoms with Gasteiger partial charge in [-0.05, 0) is 37.1 Å². The van der Waals surface area contributed by atoms with Crippen molar-refractivity contribution in [3.63, 3.8) is 0 Å². The molecule has 2 aromatic rings. The first kappa shape index (κ1) is 13.6. The number of hydrogen-bond donors (Lipinski definition) is 1. The third kappa shape index (κ3) is 2.46. The fraction of sp³-hybridized carbons (Fsp3) is 0.250. The minimum absolute atomic E-state index is 0.0400. The molecule has 0 aromatic heterocycles. The van der Waals surface area contributed by atoms with E-state index in [0.29, 0.717) is 22.3 Å². The van der Waals surface area contributed by atoms with E-state index in [4.69, 9.17) is 27.9 Å². The van der Waals surface area contributed by atoms with Gasteiger partial charge in [-0.1, -0.05) is 47.0 Å². The molecular weight excluding hydrogens is 293 g/mol. The number of fused-ring (bicyclic) bond motifs is 1. The van der Waals surface area contributed by atoms with Crippen LogP contribution in [0.2, 0.25) is 10.0 Å². The second kappa shape index (κ2) is 5.19. The molecule has 3 rings (SSSR count). The molecule has 0 bridgehead atoms. The van der Waals surface area contributed by atoms with Crippen LogP contribution >= 0.6 is 23.2 Å². The molecule has 104 valence electrons. The molecule has 2 aromatic carbocycles. The van der Waals surface area contributed by atoms with E-state index in [-0.39, 0.29) is 6.10 Å². The van der Waals surface area contributed by atoms with Crippen molar-refractivity contribution in [2.24, 2.45) is 0 Å². The molecule has 4 heteroatoms. The molecule has 1 N–H and O–H groups in total. The van der Waals surface area contributed by atoms with Gasteiger partial charge in [0.1, 0.15) is 6.10 Å². The number of benzene rings is 2. The van der Waals surface area contributed by atoms with Crippen LogP contribution in [-0.4, -0.2) is 6.54 Å². The van der Waals surface area contributed by atoms with E-state index in [9.17, 15) is 0 Å². The molecule has 1 heterocycles. The molecular formula is C16H15Cl2NO. The fourth-order valence-electron chi connectivity index (χ4n) is 2.56. The Morgan fingerprint density at radius 2 is 1.95 bits per heavy atom. The largest absolute Gasteiger partial charge is 0.480 e. The van der Waals surface area contributed by atoms with Crippen LogP contribution in [0.4, 0.5) is 5.69 Å². The van der Waals surface area contributed by atoms with E-state index >= 15 is 0 Å². The highest BCUT2D eigenvalue weighted by Crippen LogP contribution is 2.42. The molecule has 1 aliphatic rings. The molecule has 0 spiro atoms. The summed E-state index contributed by atoms with van der Waals surface area (Å²) >= 11 is 12.2. The van der Waals surface area contributed by atoms with Gasteiger partial charge in [-0.15, -0.1) is 0 Å². The number of halogens is 2. The number of nitrogens with one attached hydrogen (secondary N) is 1. The topological polar surface area (TPSA) is 21.3 Å².